The van der Waals surface area contributed by atoms with Gasteiger partial charge < -0.3 is 50.8 Å². The van der Waals surface area contributed by atoms with Crippen molar-refractivity contribution < 1.29 is 58.3 Å². The summed E-state index contributed by atoms with van der Waals surface area (Å²) in [6.07, 6.45) is 14.7. The predicted octanol–water partition coefficient (Wildman–Crippen LogP) is 12.9. The molecule has 0 aliphatic carbocycles. The lowest BCUT2D eigenvalue weighted by Gasteiger charge is -2.14. The van der Waals surface area contributed by atoms with Gasteiger partial charge in [-0.2, -0.15) is 0 Å². The van der Waals surface area contributed by atoms with Crippen LogP contribution in [0.3, 0.4) is 0 Å². The summed E-state index contributed by atoms with van der Waals surface area (Å²) in [5.41, 5.74) is 0.585. The number of benzene rings is 4. The highest BCUT2D eigenvalue weighted by Crippen LogP contribution is 2.41. The van der Waals surface area contributed by atoms with E-state index in [0.717, 1.165) is 38.5 Å². The molecule has 0 saturated carbocycles. The van der Waals surface area contributed by atoms with E-state index in [4.69, 9.17) is 61.0 Å². The highest BCUT2D eigenvalue weighted by atomic mass is 35.5. The zero-order valence-electron chi connectivity index (χ0n) is 40.0. The molecule has 4 rings (SSSR count). The Balaban J connectivity index is 0.000000375. The molecule has 4 aromatic carbocycles. The van der Waals surface area contributed by atoms with Crippen molar-refractivity contribution in [3.63, 3.8) is 0 Å². The molecule has 0 fully saturated rings. The van der Waals surface area contributed by atoms with Crippen LogP contribution >= 0.6 is 46.4 Å². The van der Waals surface area contributed by atoms with Gasteiger partial charge in [0.15, 0.2) is 11.5 Å². The van der Waals surface area contributed by atoms with Crippen LogP contribution in [0.2, 0.25) is 20.1 Å². The molecule has 0 spiro atoms. The first-order valence-electron chi connectivity index (χ1n) is 23.4. The second-order valence-electron chi connectivity index (χ2n) is 16.3. The number of amides is 4. The Kier molecular flexibility index (Phi) is 26.9. The van der Waals surface area contributed by atoms with Gasteiger partial charge >= 0.3 is 11.9 Å². The third-order valence-electron chi connectivity index (χ3n) is 10.4. The Morgan fingerprint density at radius 1 is 0.507 bits per heavy atom. The van der Waals surface area contributed by atoms with Crippen LogP contribution in [0.25, 0.3) is 0 Å². The number of hydrogen-bond acceptors (Lipinski definition) is 11. The van der Waals surface area contributed by atoms with Crippen LogP contribution in [0.5, 0.6) is 34.5 Å². The molecular formula is C51H62Cl4N4O12. The summed E-state index contributed by atoms with van der Waals surface area (Å²) >= 11 is 25.1. The summed E-state index contributed by atoms with van der Waals surface area (Å²) in [6.45, 7) is 5.38. The SMILES string of the molecule is CCCCCCCCCNC(=O)c1cc(Oc2c(Cl)cc(NC(=O)CC(=O)O)cc2Cl)ccc1O.CCCCCCCCCNC(=O)c1cc(Oc2c(Cl)cc(NC(=O)CC(=O)OC)cc2Cl)ccc1O. The highest BCUT2D eigenvalue weighted by Gasteiger charge is 2.19. The van der Waals surface area contributed by atoms with E-state index < -0.39 is 48.4 Å². The lowest BCUT2D eigenvalue weighted by atomic mass is 10.1. The van der Waals surface area contributed by atoms with Gasteiger partial charge in [0.2, 0.25) is 11.8 Å². The lowest BCUT2D eigenvalue weighted by molar-refractivity contribution is -0.143. The zero-order chi connectivity index (χ0) is 52.3. The molecule has 0 heterocycles. The minimum atomic E-state index is -1.27. The fourth-order valence-electron chi connectivity index (χ4n) is 6.73. The molecule has 0 aliphatic heterocycles. The molecule has 0 saturated heterocycles. The van der Waals surface area contributed by atoms with E-state index in [1.54, 1.807) is 0 Å². The second-order valence-corrected chi connectivity index (χ2v) is 17.9. The summed E-state index contributed by atoms with van der Waals surface area (Å²) in [5, 5.41) is 39.8. The first kappa shape index (κ1) is 59.4. The Hall–Kier alpha value is -5.94. The van der Waals surface area contributed by atoms with E-state index in [2.05, 4.69) is 39.9 Å². The van der Waals surface area contributed by atoms with E-state index in [1.807, 2.05) is 0 Å². The summed E-state index contributed by atoms with van der Waals surface area (Å²) in [6, 6.07) is 13.9. The molecule has 16 nitrogen and oxygen atoms in total. The molecule has 0 atom stereocenters. The molecule has 0 radical (unpaired) electrons. The van der Waals surface area contributed by atoms with Crippen molar-refractivity contribution in [2.24, 2.45) is 0 Å². The van der Waals surface area contributed by atoms with E-state index in [1.165, 1.54) is 119 Å². The normalized spacial score (nSPS) is 10.6. The van der Waals surface area contributed by atoms with Crippen molar-refractivity contribution in [2.45, 2.75) is 117 Å². The van der Waals surface area contributed by atoms with E-state index in [0.29, 0.717) is 13.1 Å². The first-order chi connectivity index (χ1) is 33.9. The minimum Gasteiger partial charge on any atom is -0.507 e. The van der Waals surface area contributed by atoms with E-state index in [-0.39, 0.29) is 77.1 Å². The van der Waals surface area contributed by atoms with Crippen LogP contribution < -0.4 is 30.7 Å². The molecule has 7 N–H and O–H groups in total. The number of anilines is 2. The van der Waals surface area contributed by atoms with Crippen LogP contribution in [0.1, 0.15) is 137 Å². The standard InChI is InChI=1S/C26H32Cl2N2O6.C25H30Cl2N2O6/c1-3-4-5-6-7-8-9-12-29-26(34)19-15-18(10-11-22(19)31)36-25-20(27)13-17(14-21(25)28)30-23(32)16-24(33)35-2;1-2-3-4-5-6-7-8-11-28-25(34)18-14-17(9-10-21(18)30)35-24-19(26)12-16(13-20(24)27)29-22(31)15-23(32)33/h10-11,13-15,31H,3-9,12,16H2,1-2H3,(H,29,34)(H,30,32);9-10,12-14,30H,2-8,11,15H2,1H3,(H,28,34)(H,29,31)(H,32,33). The summed E-state index contributed by atoms with van der Waals surface area (Å²) in [7, 11) is 1.18. The van der Waals surface area contributed by atoms with Gasteiger partial charge in [-0.3, -0.25) is 28.8 Å². The molecule has 0 aromatic heterocycles. The van der Waals surface area contributed by atoms with Gasteiger partial charge in [0, 0.05) is 24.5 Å². The van der Waals surface area contributed by atoms with Gasteiger partial charge in [-0.15, -0.1) is 0 Å². The van der Waals surface area contributed by atoms with Crippen molar-refractivity contribution in [1.29, 1.82) is 0 Å². The van der Waals surface area contributed by atoms with Crippen LogP contribution in [0.4, 0.5) is 11.4 Å². The molecule has 71 heavy (non-hydrogen) atoms. The molecule has 4 amide bonds. The van der Waals surface area contributed by atoms with Crippen molar-refractivity contribution in [2.75, 3.05) is 30.8 Å². The molecular weight excluding hydrogens is 1000 g/mol. The molecule has 4 aromatic rings. The number of unbranched alkanes of at least 4 members (excludes halogenated alkanes) is 12. The van der Waals surface area contributed by atoms with Crippen molar-refractivity contribution >= 4 is 93.3 Å². The van der Waals surface area contributed by atoms with Crippen LogP contribution in [0, 0.1) is 0 Å². The summed E-state index contributed by atoms with van der Waals surface area (Å²) in [5.74, 6) is -3.85. The number of aliphatic carboxylic acids is 1. The molecule has 20 heteroatoms. The number of carboxylic acids is 1. The number of rotatable bonds is 28. The number of esters is 1. The molecule has 0 bridgehead atoms. The number of halogens is 4. The quantitative estimate of drug-likeness (QED) is 0.0160. The maximum absolute atomic E-state index is 12.6. The number of aromatic hydroxyl groups is 2. The van der Waals surface area contributed by atoms with Gasteiger partial charge in [-0.1, -0.05) is 137 Å². The van der Waals surface area contributed by atoms with E-state index in [9.17, 15) is 39.0 Å². The maximum Gasteiger partial charge on any atom is 0.315 e. The van der Waals surface area contributed by atoms with Crippen molar-refractivity contribution in [3.05, 3.63) is 91.9 Å². The fraction of sp³-hybridized carbons (Fsp3) is 0.412. The van der Waals surface area contributed by atoms with Crippen molar-refractivity contribution in [3.8, 4) is 34.5 Å². The highest BCUT2D eigenvalue weighted by molar-refractivity contribution is 6.38. The number of phenolic OH excluding ortho intramolecular Hbond substituents is 2. The van der Waals surface area contributed by atoms with Gasteiger partial charge in [0.25, 0.3) is 11.8 Å². The first-order valence-corrected chi connectivity index (χ1v) is 24.9. The van der Waals surface area contributed by atoms with Gasteiger partial charge in [0.1, 0.15) is 35.8 Å². The average Bonchev–Trinajstić information content (AvgIpc) is 3.31. The van der Waals surface area contributed by atoms with Gasteiger partial charge in [-0.05, 0) is 73.5 Å². The maximum atomic E-state index is 12.6. The van der Waals surface area contributed by atoms with Crippen molar-refractivity contribution in [1.82, 2.24) is 10.6 Å². The summed E-state index contributed by atoms with van der Waals surface area (Å²) in [4.78, 5) is 70.5. The largest absolute Gasteiger partial charge is 0.507 e. The smallest absolute Gasteiger partial charge is 0.315 e. The molecule has 0 aliphatic rings. The number of carboxylic acid groups (broad SMARTS) is 1. The number of ether oxygens (including phenoxy) is 3. The van der Waals surface area contributed by atoms with Crippen LogP contribution in [-0.4, -0.2) is 71.1 Å². The molecule has 386 valence electrons. The van der Waals surface area contributed by atoms with E-state index >= 15 is 0 Å². The molecule has 0 unspecified atom stereocenters. The Morgan fingerprint density at radius 3 is 1.21 bits per heavy atom. The minimum absolute atomic E-state index is 0.0512. The monoisotopic (exact) mass is 1060 g/mol. The Bertz CT molecular complexity index is 2390. The average molecular weight is 1060 g/mol. The number of nitrogens with one attached hydrogen (secondary N) is 4. The number of phenols is 2. The lowest BCUT2D eigenvalue weighted by Crippen LogP contribution is -2.24. The second kappa shape index (κ2) is 32.1. The summed E-state index contributed by atoms with van der Waals surface area (Å²) < 4.78 is 16.0. The van der Waals surface area contributed by atoms with Gasteiger partial charge in [-0.25, -0.2) is 0 Å². The number of hydrogen-bond donors (Lipinski definition) is 7. The fourth-order valence-corrected chi connectivity index (χ4v) is 7.85. The van der Waals surface area contributed by atoms with Crippen LogP contribution in [0.15, 0.2) is 60.7 Å². The van der Waals surface area contributed by atoms with Crippen LogP contribution in [-0.2, 0) is 23.9 Å². The van der Waals surface area contributed by atoms with Gasteiger partial charge in [0.05, 0.1) is 38.3 Å². The Labute approximate surface area is 434 Å². The zero-order valence-corrected chi connectivity index (χ0v) is 43.1. The Morgan fingerprint density at radius 2 is 0.859 bits per heavy atom. The third kappa shape index (κ3) is 21.9. The predicted molar refractivity (Wildman–Crippen MR) is 276 cm³/mol. The topological polar surface area (TPSA) is 239 Å². The number of carbonyl (C=O) groups excluding carboxylic acids is 5. The third-order valence-corrected chi connectivity index (χ3v) is 11.5. The number of methoxy groups -OCH3 is 1. The number of carbonyl (C=O) groups is 6.